The third-order valence-corrected chi connectivity index (χ3v) is 5.12. The summed E-state index contributed by atoms with van der Waals surface area (Å²) in [5.74, 6) is -0.704. The van der Waals surface area contributed by atoms with E-state index in [-0.39, 0.29) is 11.3 Å². The van der Waals surface area contributed by atoms with Gasteiger partial charge in [0.1, 0.15) is 0 Å². The van der Waals surface area contributed by atoms with Crippen molar-refractivity contribution >= 4 is 0 Å². The maximum Gasteiger partial charge on any atom is 0.201 e. The van der Waals surface area contributed by atoms with Crippen molar-refractivity contribution in [3.63, 3.8) is 0 Å². The molecular formula is C23H26F2O. The van der Waals surface area contributed by atoms with Crippen LogP contribution in [0.25, 0.3) is 11.1 Å². The molecule has 0 fully saturated rings. The van der Waals surface area contributed by atoms with Crippen LogP contribution in [0.15, 0.2) is 48.6 Å². The SMILES string of the molecule is CCCC1C=CC(c2ccc(-c3ccc(OCC)c(F)c3F)cc2)CC1. The molecule has 26 heavy (non-hydrogen) atoms. The van der Waals surface area contributed by atoms with Gasteiger partial charge in [0, 0.05) is 11.5 Å². The van der Waals surface area contributed by atoms with E-state index in [0.29, 0.717) is 24.0 Å². The van der Waals surface area contributed by atoms with Crippen molar-refractivity contribution in [1.29, 1.82) is 0 Å². The molecule has 2 unspecified atom stereocenters. The van der Waals surface area contributed by atoms with Crippen LogP contribution < -0.4 is 4.74 Å². The predicted octanol–water partition coefficient (Wildman–Crippen LogP) is 6.88. The van der Waals surface area contributed by atoms with E-state index in [1.54, 1.807) is 13.0 Å². The van der Waals surface area contributed by atoms with E-state index in [1.165, 1.54) is 30.9 Å². The summed E-state index contributed by atoms with van der Waals surface area (Å²) >= 11 is 0. The van der Waals surface area contributed by atoms with Crippen LogP contribution in [0.4, 0.5) is 8.78 Å². The highest BCUT2D eigenvalue weighted by molar-refractivity contribution is 5.65. The molecule has 1 aliphatic rings. The van der Waals surface area contributed by atoms with Gasteiger partial charge in [0.25, 0.3) is 0 Å². The molecule has 0 saturated carbocycles. The molecule has 0 amide bonds. The Morgan fingerprint density at radius 3 is 2.31 bits per heavy atom. The summed E-state index contributed by atoms with van der Waals surface area (Å²) < 4.78 is 33.6. The molecular weight excluding hydrogens is 330 g/mol. The first-order chi connectivity index (χ1) is 12.6. The van der Waals surface area contributed by atoms with Crippen LogP contribution in [-0.2, 0) is 0 Å². The van der Waals surface area contributed by atoms with Gasteiger partial charge in [0.2, 0.25) is 5.82 Å². The molecule has 0 heterocycles. The Labute approximate surface area is 154 Å². The average Bonchev–Trinajstić information content (AvgIpc) is 2.67. The van der Waals surface area contributed by atoms with Gasteiger partial charge in [-0.3, -0.25) is 0 Å². The number of benzene rings is 2. The fraction of sp³-hybridized carbons (Fsp3) is 0.391. The van der Waals surface area contributed by atoms with Crippen LogP contribution in [0.3, 0.4) is 0 Å². The van der Waals surface area contributed by atoms with Gasteiger partial charge in [-0.2, -0.15) is 4.39 Å². The molecule has 2 atom stereocenters. The second kappa shape index (κ2) is 8.48. The fourth-order valence-corrected chi connectivity index (χ4v) is 3.70. The van der Waals surface area contributed by atoms with E-state index in [9.17, 15) is 8.78 Å². The Kier molecular flexibility index (Phi) is 6.08. The number of ether oxygens (including phenoxy) is 1. The lowest BCUT2D eigenvalue weighted by Crippen LogP contribution is -2.07. The molecule has 2 aromatic carbocycles. The number of allylic oxidation sites excluding steroid dienone is 2. The molecule has 0 bridgehead atoms. The summed E-state index contributed by atoms with van der Waals surface area (Å²) in [4.78, 5) is 0. The summed E-state index contributed by atoms with van der Waals surface area (Å²) in [6, 6.07) is 10.9. The van der Waals surface area contributed by atoms with Gasteiger partial charge in [-0.15, -0.1) is 0 Å². The Morgan fingerprint density at radius 1 is 0.923 bits per heavy atom. The maximum atomic E-state index is 14.4. The van der Waals surface area contributed by atoms with Crippen LogP contribution in [0.2, 0.25) is 0 Å². The van der Waals surface area contributed by atoms with E-state index in [0.717, 1.165) is 6.42 Å². The highest BCUT2D eigenvalue weighted by Crippen LogP contribution is 2.34. The standard InChI is InChI=1S/C23H26F2O/c1-3-5-16-6-8-17(9-7-16)18-10-12-19(13-11-18)20-14-15-21(26-4-2)23(25)22(20)24/h6,8,10-17H,3-5,7,9H2,1-2H3. The third kappa shape index (κ3) is 3.98. The van der Waals surface area contributed by atoms with Crippen LogP contribution in [0.5, 0.6) is 5.75 Å². The lowest BCUT2D eigenvalue weighted by Gasteiger charge is -2.23. The van der Waals surface area contributed by atoms with E-state index < -0.39 is 11.6 Å². The molecule has 0 spiro atoms. The van der Waals surface area contributed by atoms with Crippen molar-refractivity contribution in [1.82, 2.24) is 0 Å². The second-order valence-corrected chi connectivity index (χ2v) is 6.91. The normalized spacial score (nSPS) is 19.5. The van der Waals surface area contributed by atoms with E-state index in [4.69, 9.17) is 4.74 Å². The van der Waals surface area contributed by atoms with E-state index >= 15 is 0 Å². The Hall–Kier alpha value is -2.16. The van der Waals surface area contributed by atoms with Gasteiger partial charge in [-0.25, -0.2) is 4.39 Å². The third-order valence-electron chi connectivity index (χ3n) is 5.12. The first kappa shape index (κ1) is 18.6. The zero-order valence-electron chi connectivity index (χ0n) is 15.5. The molecule has 3 rings (SSSR count). The molecule has 3 heteroatoms. The number of rotatable bonds is 6. The summed E-state index contributed by atoms with van der Waals surface area (Å²) in [6.45, 7) is 4.27. The minimum Gasteiger partial charge on any atom is -0.491 e. The smallest absolute Gasteiger partial charge is 0.201 e. The Balaban J connectivity index is 1.78. The van der Waals surface area contributed by atoms with E-state index in [1.807, 2.05) is 24.3 Å². The highest BCUT2D eigenvalue weighted by Gasteiger charge is 2.18. The van der Waals surface area contributed by atoms with Crippen molar-refractivity contribution in [3.8, 4) is 16.9 Å². The van der Waals surface area contributed by atoms with Crippen LogP contribution in [0.1, 0.15) is 51.0 Å². The Morgan fingerprint density at radius 2 is 1.69 bits per heavy atom. The first-order valence-corrected chi connectivity index (χ1v) is 9.53. The lowest BCUT2D eigenvalue weighted by atomic mass is 9.82. The molecule has 0 aliphatic heterocycles. The van der Waals surface area contributed by atoms with Crippen LogP contribution in [0, 0.1) is 17.6 Å². The first-order valence-electron chi connectivity index (χ1n) is 9.53. The summed E-state index contributed by atoms with van der Waals surface area (Å²) in [6.07, 6.45) is 9.48. The minimum absolute atomic E-state index is 0.0423. The molecule has 2 aromatic rings. The Bertz CT molecular complexity index is 765. The second-order valence-electron chi connectivity index (χ2n) is 6.91. The molecule has 1 aliphatic carbocycles. The van der Waals surface area contributed by atoms with Gasteiger partial charge in [0.15, 0.2) is 11.6 Å². The van der Waals surface area contributed by atoms with Crippen molar-refractivity contribution < 1.29 is 13.5 Å². The van der Waals surface area contributed by atoms with E-state index in [2.05, 4.69) is 19.1 Å². The quantitative estimate of drug-likeness (QED) is 0.513. The van der Waals surface area contributed by atoms with Gasteiger partial charge in [0.05, 0.1) is 6.61 Å². The number of hydrogen-bond acceptors (Lipinski definition) is 1. The zero-order chi connectivity index (χ0) is 18.5. The summed E-state index contributed by atoms with van der Waals surface area (Å²) in [7, 11) is 0. The maximum absolute atomic E-state index is 14.4. The largest absolute Gasteiger partial charge is 0.491 e. The van der Waals surface area contributed by atoms with Gasteiger partial charge in [-0.05, 0) is 55.4 Å². The molecule has 0 radical (unpaired) electrons. The topological polar surface area (TPSA) is 9.23 Å². The molecule has 0 saturated heterocycles. The minimum atomic E-state index is -0.925. The summed E-state index contributed by atoms with van der Waals surface area (Å²) in [5.41, 5.74) is 2.17. The van der Waals surface area contributed by atoms with Crippen molar-refractivity contribution in [2.75, 3.05) is 6.61 Å². The van der Waals surface area contributed by atoms with Crippen molar-refractivity contribution in [3.05, 3.63) is 65.7 Å². The molecule has 0 aromatic heterocycles. The van der Waals surface area contributed by atoms with Gasteiger partial charge >= 0.3 is 0 Å². The van der Waals surface area contributed by atoms with Crippen molar-refractivity contribution in [2.24, 2.45) is 5.92 Å². The number of hydrogen-bond donors (Lipinski definition) is 0. The van der Waals surface area contributed by atoms with Crippen LogP contribution >= 0.6 is 0 Å². The average molecular weight is 356 g/mol. The van der Waals surface area contributed by atoms with Gasteiger partial charge < -0.3 is 4.74 Å². The highest BCUT2D eigenvalue weighted by atomic mass is 19.2. The predicted molar refractivity (Wildman–Crippen MR) is 102 cm³/mol. The van der Waals surface area contributed by atoms with Gasteiger partial charge in [-0.1, -0.05) is 49.8 Å². The summed E-state index contributed by atoms with van der Waals surface area (Å²) in [5, 5.41) is 0. The molecule has 0 N–H and O–H groups in total. The lowest BCUT2D eigenvalue weighted by molar-refractivity contribution is 0.314. The number of halogens is 2. The fourth-order valence-electron chi connectivity index (χ4n) is 3.70. The zero-order valence-corrected chi connectivity index (χ0v) is 15.5. The molecule has 1 nitrogen and oxygen atoms in total. The van der Waals surface area contributed by atoms with Crippen molar-refractivity contribution in [2.45, 2.75) is 45.4 Å². The van der Waals surface area contributed by atoms with Crippen LogP contribution in [-0.4, -0.2) is 6.61 Å². The monoisotopic (exact) mass is 356 g/mol. The molecule has 138 valence electrons.